The first-order valence-electron chi connectivity index (χ1n) is 7.24. The predicted molar refractivity (Wildman–Crippen MR) is 95.8 cm³/mol. The molecule has 0 atom stereocenters. The van der Waals surface area contributed by atoms with Crippen molar-refractivity contribution in [2.75, 3.05) is 5.32 Å². The maximum absolute atomic E-state index is 12.8. The van der Waals surface area contributed by atoms with Crippen LogP contribution in [-0.2, 0) is 0 Å². The summed E-state index contributed by atoms with van der Waals surface area (Å²) in [5.74, 6) is -0.148. The molecule has 25 heavy (non-hydrogen) atoms. The van der Waals surface area contributed by atoms with E-state index < -0.39 is 5.91 Å². The van der Waals surface area contributed by atoms with E-state index in [2.05, 4.69) is 10.5 Å². The number of benzene rings is 2. The summed E-state index contributed by atoms with van der Waals surface area (Å²) in [6.45, 7) is 1.62. The number of carbonyl (C=O) groups excluding carboxylic acids is 1. The average Bonchev–Trinajstić information content (AvgIpc) is 2.96. The number of carbonyl (C=O) groups is 1. The van der Waals surface area contributed by atoms with E-state index in [-0.39, 0.29) is 11.3 Å². The van der Waals surface area contributed by atoms with Crippen LogP contribution in [0.15, 0.2) is 47.0 Å². The van der Waals surface area contributed by atoms with Crippen molar-refractivity contribution in [1.82, 2.24) is 5.16 Å². The van der Waals surface area contributed by atoms with Crippen LogP contribution in [0.2, 0.25) is 10.0 Å². The van der Waals surface area contributed by atoms with Crippen LogP contribution in [0.3, 0.4) is 0 Å². The number of nitriles is 1. The first-order chi connectivity index (χ1) is 12.0. The lowest BCUT2D eigenvalue weighted by atomic mass is 10.0. The second kappa shape index (κ2) is 6.98. The minimum atomic E-state index is -0.465. The Hall–Kier alpha value is -2.81. The topological polar surface area (TPSA) is 78.9 Å². The Kier molecular flexibility index (Phi) is 4.75. The SMILES string of the molecule is Cc1onc(-c2c(Cl)cccc2Cl)c1C(=O)Nc1ccccc1C#N. The second-order valence-corrected chi connectivity index (χ2v) is 5.98. The van der Waals surface area contributed by atoms with Gasteiger partial charge in [0, 0.05) is 5.56 Å². The number of para-hydroxylation sites is 1. The number of aromatic nitrogens is 1. The molecule has 0 aliphatic heterocycles. The van der Waals surface area contributed by atoms with E-state index in [1.165, 1.54) is 0 Å². The summed E-state index contributed by atoms with van der Waals surface area (Å²) in [7, 11) is 0. The number of rotatable bonds is 3. The number of nitrogens with one attached hydrogen (secondary N) is 1. The van der Waals surface area contributed by atoms with E-state index >= 15 is 0 Å². The van der Waals surface area contributed by atoms with Gasteiger partial charge in [0.25, 0.3) is 5.91 Å². The van der Waals surface area contributed by atoms with Crippen LogP contribution in [0.1, 0.15) is 21.7 Å². The van der Waals surface area contributed by atoms with Crippen molar-refractivity contribution in [2.24, 2.45) is 0 Å². The van der Waals surface area contributed by atoms with E-state index in [0.717, 1.165) is 0 Å². The summed E-state index contributed by atoms with van der Waals surface area (Å²) in [4.78, 5) is 12.8. The maximum Gasteiger partial charge on any atom is 0.261 e. The molecule has 3 aromatic rings. The molecule has 1 N–H and O–H groups in total. The molecule has 7 heteroatoms. The Morgan fingerprint density at radius 2 is 1.84 bits per heavy atom. The fraction of sp³-hybridized carbons (Fsp3) is 0.0556. The highest BCUT2D eigenvalue weighted by Gasteiger charge is 2.25. The average molecular weight is 372 g/mol. The van der Waals surface area contributed by atoms with Gasteiger partial charge in [-0.15, -0.1) is 0 Å². The number of aryl methyl sites for hydroxylation is 1. The Morgan fingerprint density at radius 3 is 2.52 bits per heavy atom. The quantitative estimate of drug-likeness (QED) is 0.695. The van der Waals surface area contributed by atoms with Crippen molar-refractivity contribution in [3.05, 3.63) is 69.4 Å². The van der Waals surface area contributed by atoms with Crippen LogP contribution in [0, 0.1) is 18.3 Å². The van der Waals surface area contributed by atoms with Crippen LogP contribution in [0.25, 0.3) is 11.3 Å². The highest BCUT2D eigenvalue weighted by atomic mass is 35.5. The van der Waals surface area contributed by atoms with Crippen molar-refractivity contribution in [1.29, 1.82) is 5.26 Å². The number of hydrogen-bond acceptors (Lipinski definition) is 4. The van der Waals surface area contributed by atoms with Crippen LogP contribution < -0.4 is 5.32 Å². The van der Waals surface area contributed by atoms with E-state index in [0.29, 0.717) is 32.6 Å². The molecule has 0 saturated carbocycles. The molecule has 0 radical (unpaired) electrons. The third kappa shape index (κ3) is 3.22. The molecule has 1 heterocycles. The molecule has 0 unspecified atom stereocenters. The summed E-state index contributed by atoms with van der Waals surface area (Å²) >= 11 is 12.4. The lowest BCUT2D eigenvalue weighted by Gasteiger charge is -2.09. The fourth-order valence-electron chi connectivity index (χ4n) is 2.41. The normalized spacial score (nSPS) is 10.3. The molecule has 1 amide bonds. The molecule has 5 nitrogen and oxygen atoms in total. The summed E-state index contributed by atoms with van der Waals surface area (Å²) in [5.41, 5.74) is 1.62. The molecule has 1 aromatic heterocycles. The van der Waals surface area contributed by atoms with Gasteiger partial charge in [-0.2, -0.15) is 5.26 Å². The lowest BCUT2D eigenvalue weighted by molar-refractivity contribution is 0.102. The van der Waals surface area contributed by atoms with E-state index in [1.807, 2.05) is 6.07 Å². The van der Waals surface area contributed by atoms with Gasteiger partial charge in [0.2, 0.25) is 0 Å². The number of hydrogen-bond donors (Lipinski definition) is 1. The van der Waals surface area contributed by atoms with Crippen molar-refractivity contribution < 1.29 is 9.32 Å². The maximum atomic E-state index is 12.8. The smallest absolute Gasteiger partial charge is 0.261 e. The van der Waals surface area contributed by atoms with Gasteiger partial charge in [-0.3, -0.25) is 4.79 Å². The highest BCUT2D eigenvalue weighted by Crippen LogP contribution is 2.37. The summed E-state index contributed by atoms with van der Waals surface area (Å²) in [6.07, 6.45) is 0. The van der Waals surface area contributed by atoms with E-state index in [9.17, 15) is 4.79 Å². The molecule has 0 spiro atoms. The molecular formula is C18H11Cl2N3O2. The Labute approximate surface area is 153 Å². The van der Waals surface area contributed by atoms with Gasteiger partial charge in [-0.05, 0) is 31.2 Å². The molecule has 2 aromatic carbocycles. The van der Waals surface area contributed by atoms with Crippen molar-refractivity contribution in [2.45, 2.75) is 6.92 Å². The van der Waals surface area contributed by atoms with Gasteiger partial charge < -0.3 is 9.84 Å². The Morgan fingerprint density at radius 1 is 1.16 bits per heavy atom. The highest BCUT2D eigenvalue weighted by molar-refractivity contribution is 6.39. The number of nitrogens with zero attached hydrogens (tertiary/aromatic N) is 2. The van der Waals surface area contributed by atoms with Gasteiger partial charge in [0.1, 0.15) is 23.1 Å². The van der Waals surface area contributed by atoms with Gasteiger partial charge >= 0.3 is 0 Å². The monoisotopic (exact) mass is 371 g/mol. The molecule has 124 valence electrons. The predicted octanol–water partition coefficient (Wildman–Crippen LogP) is 5.08. The third-order valence-electron chi connectivity index (χ3n) is 3.59. The van der Waals surface area contributed by atoms with Crippen molar-refractivity contribution in [3.8, 4) is 17.3 Å². The summed E-state index contributed by atoms with van der Waals surface area (Å²) in [5, 5.41) is 16.5. The minimum Gasteiger partial charge on any atom is -0.360 e. The van der Waals surface area contributed by atoms with Crippen LogP contribution in [0.5, 0.6) is 0 Å². The Balaban J connectivity index is 2.06. The van der Waals surface area contributed by atoms with Gasteiger partial charge in [-0.1, -0.05) is 46.6 Å². The van der Waals surface area contributed by atoms with E-state index in [1.54, 1.807) is 49.4 Å². The Bertz CT molecular complexity index is 986. The second-order valence-electron chi connectivity index (χ2n) is 5.17. The number of anilines is 1. The minimum absolute atomic E-state index is 0.211. The molecule has 0 bridgehead atoms. The zero-order valence-electron chi connectivity index (χ0n) is 13.0. The third-order valence-corrected chi connectivity index (χ3v) is 4.22. The summed E-state index contributed by atoms with van der Waals surface area (Å²) in [6, 6.07) is 13.7. The number of amides is 1. The van der Waals surface area contributed by atoms with Gasteiger partial charge in [0.05, 0.1) is 21.3 Å². The van der Waals surface area contributed by atoms with Crippen molar-refractivity contribution >= 4 is 34.8 Å². The standard InChI is InChI=1S/C18H11Cl2N3O2/c1-10-15(18(24)22-14-8-3-2-5-11(14)9-21)17(23-25-10)16-12(19)6-4-7-13(16)20/h2-8H,1H3,(H,22,24). The van der Waals surface area contributed by atoms with Crippen molar-refractivity contribution in [3.63, 3.8) is 0 Å². The first kappa shape index (κ1) is 17.0. The largest absolute Gasteiger partial charge is 0.360 e. The molecule has 0 fully saturated rings. The van der Waals surface area contributed by atoms with Gasteiger partial charge in [-0.25, -0.2) is 0 Å². The molecule has 0 aliphatic carbocycles. The zero-order chi connectivity index (χ0) is 18.0. The van der Waals surface area contributed by atoms with Crippen LogP contribution in [-0.4, -0.2) is 11.1 Å². The summed E-state index contributed by atoms with van der Waals surface area (Å²) < 4.78 is 5.18. The van der Waals surface area contributed by atoms with E-state index in [4.69, 9.17) is 33.0 Å². The van der Waals surface area contributed by atoms with Crippen LogP contribution >= 0.6 is 23.2 Å². The molecular weight excluding hydrogens is 361 g/mol. The van der Waals surface area contributed by atoms with Gasteiger partial charge in [0.15, 0.2) is 0 Å². The lowest BCUT2D eigenvalue weighted by Crippen LogP contribution is -2.14. The molecule has 3 rings (SSSR count). The molecule has 0 aliphatic rings. The first-order valence-corrected chi connectivity index (χ1v) is 7.99. The molecule has 0 saturated heterocycles. The van der Waals surface area contributed by atoms with Crippen LogP contribution in [0.4, 0.5) is 5.69 Å². The number of halogens is 2. The zero-order valence-corrected chi connectivity index (χ0v) is 14.5. The fourth-order valence-corrected chi connectivity index (χ4v) is 2.99.